The Hall–Kier alpha value is 0.486. The molecule has 0 heterocycles. The van der Waals surface area contributed by atoms with Crippen molar-refractivity contribution >= 4 is 22.1 Å². The van der Waals surface area contributed by atoms with E-state index in [9.17, 15) is 22.6 Å². The largest absolute Gasteiger partial charge is 1.00 e. The number of hydrogen-bond donors (Lipinski definition) is 1. The van der Waals surface area contributed by atoms with E-state index >= 15 is 0 Å². The second-order valence-corrected chi connectivity index (χ2v) is 9.68. The zero-order valence-electron chi connectivity index (χ0n) is 19.8. The van der Waals surface area contributed by atoms with Crippen LogP contribution < -0.4 is 51.4 Å². The van der Waals surface area contributed by atoms with E-state index in [0.717, 1.165) is 38.5 Å². The molecule has 0 fully saturated rings. The minimum absolute atomic E-state index is 0. The predicted molar refractivity (Wildman–Crippen MR) is 110 cm³/mol. The van der Waals surface area contributed by atoms with Crippen LogP contribution in [0.1, 0.15) is 86.9 Å². The van der Waals surface area contributed by atoms with Crippen molar-refractivity contribution in [1.29, 1.82) is 0 Å². The molecule has 0 aliphatic carbocycles. The number of unbranched alkanes of at least 4 members (excludes halogenated alkanes) is 4. The Morgan fingerprint density at radius 1 is 0.828 bits per heavy atom. The molecule has 0 aromatic rings. The van der Waals surface area contributed by atoms with Gasteiger partial charge in [0.25, 0.3) is 10.1 Å². The summed E-state index contributed by atoms with van der Waals surface area (Å²) in [5, 5.41) is -1.93. The molecule has 0 amide bonds. The van der Waals surface area contributed by atoms with Crippen LogP contribution in [0.5, 0.6) is 0 Å². The molecule has 9 heteroatoms. The summed E-state index contributed by atoms with van der Waals surface area (Å²) >= 11 is 0. The Kier molecular flexibility index (Phi) is 19.8. The van der Waals surface area contributed by atoms with Crippen LogP contribution in [0.4, 0.5) is 0 Å². The smallest absolute Gasteiger partial charge is 1.00 e. The van der Waals surface area contributed by atoms with E-state index in [1.807, 2.05) is 0 Å². The van der Waals surface area contributed by atoms with Crippen LogP contribution in [0.2, 0.25) is 0 Å². The first-order valence-corrected chi connectivity index (χ1v) is 11.8. The standard InChI is InChI=1S/C20H38O7S.K.H/c1-16(2)11-7-5-9-13-26-19(21)15-18(28(23,24)25)20(22)27-14-10-6-8-12-17(3)4;;/h16-18H,5-15H2,1-4H3,(H,23,24,25);;/q;+1;-1. The summed E-state index contributed by atoms with van der Waals surface area (Å²) in [7, 11) is -4.74. The number of hydrogen-bond acceptors (Lipinski definition) is 6. The second kappa shape index (κ2) is 18.1. The van der Waals surface area contributed by atoms with Gasteiger partial charge in [0.05, 0.1) is 19.6 Å². The minimum Gasteiger partial charge on any atom is -1.00 e. The quantitative estimate of drug-likeness (QED) is 0.159. The number of carbonyl (C=O) groups is 2. The monoisotopic (exact) mass is 462 g/mol. The molecule has 1 N–H and O–H groups in total. The average Bonchev–Trinajstić information content (AvgIpc) is 2.57. The van der Waals surface area contributed by atoms with Gasteiger partial charge in [-0.1, -0.05) is 66.2 Å². The summed E-state index contributed by atoms with van der Waals surface area (Å²) < 4.78 is 42.1. The minimum atomic E-state index is -4.74. The summed E-state index contributed by atoms with van der Waals surface area (Å²) in [6.07, 6.45) is 6.52. The molecular formula is C20H39KO7S. The van der Waals surface area contributed by atoms with Gasteiger partial charge < -0.3 is 10.9 Å². The van der Waals surface area contributed by atoms with E-state index < -0.39 is 33.7 Å². The first-order chi connectivity index (χ1) is 13.0. The Morgan fingerprint density at radius 2 is 1.28 bits per heavy atom. The number of carbonyl (C=O) groups excluding carboxylic acids is 2. The summed E-state index contributed by atoms with van der Waals surface area (Å²) in [5.74, 6) is -0.715. The molecule has 0 aromatic heterocycles. The average molecular weight is 463 g/mol. The molecule has 0 saturated heterocycles. The molecule has 1 unspecified atom stereocenters. The van der Waals surface area contributed by atoms with Crippen LogP contribution in [0, 0.1) is 11.8 Å². The zero-order valence-corrected chi connectivity index (χ0v) is 22.8. The van der Waals surface area contributed by atoms with Gasteiger partial charge in [0.15, 0.2) is 5.25 Å². The number of esters is 2. The van der Waals surface area contributed by atoms with Crippen LogP contribution >= 0.6 is 0 Å². The van der Waals surface area contributed by atoms with Gasteiger partial charge in [0.1, 0.15) is 0 Å². The van der Waals surface area contributed by atoms with Gasteiger partial charge in [-0.05, 0) is 24.7 Å². The molecule has 0 aliphatic rings. The molecule has 0 radical (unpaired) electrons. The molecule has 29 heavy (non-hydrogen) atoms. The molecule has 1 atom stereocenters. The molecule has 0 aliphatic heterocycles. The van der Waals surface area contributed by atoms with Crippen molar-refractivity contribution in [2.24, 2.45) is 11.8 Å². The Morgan fingerprint density at radius 3 is 1.69 bits per heavy atom. The van der Waals surface area contributed by atoms with Gasteiger partial charge in [-0.2, -0.15) is 8.42 Å². The SMILES string of the molecule is CC(C)CCCCCOC(=O)CC(C(=O)OCCCCCC(C)C)S(=O)(=O)O.[H-].[K+]. The summed E-state index contributed by atoms with van der Waals surface area (Å²) in [4.78, 5) is 23.8. The van der Waals surface area contributed by atoms with Crippen molar-refractivity contribution < 1.29 is 84.8 Å². The fraction of sp³-hybridized carbons (Fsp3) is 0.900. The summed E-state index contributed by atoms with van der Waals surface area (Å²) in [6.45, 7) is 8.76. The molecule has 0 rings (SSSR count). The van der Waals surface area contributed by atoms with Gasteiger partial charge in [-0.15, -0.1) is 0 Å². The van der Waals surface area contributed by atoms with Crippen molar-refractivity contribution in [3.8, 4) is 0 Å². The van der Waals surface area contributed by atoms with Crippen molar-refractivity contribution in [3.05, 3.63) is 0 Å². The third kappa shape index (κ3) is 18.9. The first-order valence-electron chi connectivity index (χ1n) is 10.3. The van der Waals surface area contributed by atoms with Gasteiger partial charge in [-0.3, -0.25) is 14.1 Å². The van der Waals surface area contributed by atoms with E-state index in [-0.39, 0.29) is 66.0 Å². The van der Waals surface area contributed by atoms with Crippen LogP contribution in [0.25, 0.3) is 0 Å². The van der Waals surface area contributed by atoms with Crippen molar-refractivity contribution in [3.63, 3.8) is 0 Å². The van der Waals surface area contributed by atoms with Gasteiger partial charge in [-0.25, -0.2) is 0 Å². The normalized spacial score (nSPS) is 12.5. The first kappa shape index (κ1) is 31.7. The molecule has 0 spiro atoms. The Balaban J connectivity index is -0.00000364. The predicted octanol–water partition coefficient (Wildman–Crippen LogP) is 1.27. The van der Waals surface area contributed by atoms with Gasteiger partial charge in [0, 0.05) is 0 Å². The summed E-state index contributed by atoms with van der Waals surface area (Å²) in [5.41, 5.74) is 0. The molecule has 0 bridgehead atoms. The van der Waals surface area contributed by atoms with Crippen LogP contribution in [0.3, 0.4) is 0 Å². The van der Waals surface area contributed by atoms with Crippen LogP contribution in [-0.4, -0.2) is 43.4 Å². The van der Waals surface area contributed by atoms with E-state index in [2.05, 4.69) is 27.7 Å². The molecule has 168 valence electrons. The Bertz CT molecular complexity index is 553. The molecule has 7 nitrogen and oxygen atoms in total. The van der Waals surface area contributed by atoms with Crippen molar-refractivity contribution in [1.82, 2.24) is 0 Å². The van der Waals surface area contributed by atoms with Gasteiger partial charge >= 0.3 is 63.3 Å². The van der Waals surface area contributed by atoms with Crippen molar-refractivity contribution in [2.75, 3.05) is 13.2 Å². The van der Waals surface area contributed by atoms with Crippen LogP contribution in [0.15, 0.2) is 0 Å². The number of rotatable bonds is 16. The molecule has 0 aromatic carbocycles. The molecule has 0 saturated carbocycles. The third-order valence-corrected chi connectivity index (χ3v) is 5.41. The maximum atomic E-state index is 12.0. The topological polar surface area (TPSA) is 107 Å². The summed E-state index contributed by atoms with van der Waals surface area (Å²) in [6, 6.07) is 0. The van der Waals surface area contributed by atoms with E-state index in [1.54, 1.807) is 0 Å². The number of ether oxygens (including phenoxy) is 2. The maximum Gasteiger partial charge on any atom is 1.00 e. The van der Waals surface area contributed by atoms with E-state index in [1.165, 1.54) is 0 Å². The van der Waals surface area contributed by atoms with Crippen molar-refractivity contribution in [2.45, 2.75) is 90.7 Å². The molecular weight excluding hydrogens is 423 g/mol. The van der Waals surface area contributed by atoms with E-state index in [4.69, 9.17) is 9.47 Å². The second-order valence-electron chi connectivity index (χ2n) is 8.08. The third-order valence-electron chi connectivity index (χ3n) is 4.33. The Labute approximate surface area is 220 Å². The van der Waals surface area contributed by atoms with Crippen LogP contribution in [-0.2, 0) is 29.2 Å². The zero-order chi connectivity index (χ0) is 21.6. The fourth-order valence-corrected chi connectivity index (χ4v) is 3.29. The van der Waals surface area contributed by atoms with Gasteiger partial charge in [0.2, 0.25) is 0 Å². The van der Waals surface area contributed by atoms with E-state index in [0.29, 0.717) is 24.7 Å². The fourth-order valence-electron chi connectivity index (χ4n) is 2.64. The maximum absolute atomic E-state index is 12.0.